The third-order valence-electron chi connectivity index (χ3n) is 3.58. The molecule has 1 rings (SSSR count). The van der Waals surface area contributed by atoms with E-state index in [0.717, 1.165) is 5.56 Å². The van der Waals surface area contributed by atoms with Crippen LogP contribution in [0, 0.1) is 11.7 Å². The minimum atomic E-state index is -0.412. The number of benzene rings is 1. The number of amides is 1. The number of carbonyl (C=O) groups excluding carboxylic acids is 1. The molecule has 1 aromatic rings. The van der Waals surface area contributed by atoms with Crippen LogP contribution < -0.4 is 15.4 Å². The highest BCUT2D eigenvalue weighted by Gasteiger charge is 2.12. The SMILES string of the molecule is COc1ccc(C(C)NC(=NCC(=O)N(C)C)NCC(C)C)cc1F. The lowest BCUT2D eigenvalue weighted by Crippen LogP contribution is -2.41. The molecule has 25 heavy (non-hydrogen) atoms. The normalized spacial score (nSPS) is 12.7. The molecule has 0 saturated carbocycles. The van der Waals surface area contributed by atoms with Crippen molar-refractivity contribution in [2.75, 3.05) is 34.3 Å². The summed E-state index contributed by atoms with van der Waals surface area (Å²) in [6.07, 6.45) is 0. The summed E-state index contributed by atoms with van der Waals surface area (Å²) < 4.78 is 18.8. The Morgan fingerprint density at radius 3 is 2.52 bits per heavy atom. The highest BCUT2D eigenvalue weighted by atomic mass is 19.1. The topological polar surface area (TPSA) is 66.0 Å². The second-order valence-electron chi connectivity index (χ2n) is 6.49. The lowest BCUT2D eigenvalue weighted by Gasteiger charge is -2.20. The molecule has 0 fully saturated rings. The monoisotopic (exact) mass is 352 g/mol. The van der Waals surface area contributed by atoms with Crippen molar-refractivity contribution in [3.63, 3.8) is 0 Å². The van der Waals surface area contributed by atoms with Crippen molar-refractivity contribution in [2.24, 2.45) is 10.9 Å². The van der Waals surface area contributed by atoms with Gasteiger partial charge in [-0.25, -0.2) is 9.38 Å². The molecule has 0 heterocycles. The Hall–Kier alpha value is -2.31. The molecule has 1 amide bonds. The van der Waals surface area contributed by atoms with Crippen LogP contribution in [0.5, 0.6) is 5.75 Å². The van der Waals surface area contributed by atoms with Crippen LogP contribution in [-0.2, 0) is 4.79 Å². The molecule has 140 valence electrons. The minimum absolute atomic E-state index is 0.0458. The van der Waals surface area contributed by atoms with Gasteiger partial charge in [-0.2, -0.15) is 0 Å². The van der Waals surface area contributed by atoms with Gasteiger partial charge in [0.15, 0.2) is 17.5 Å². The van der Waals surface area contributed by atoms with Crippen molar-refractivity contribution in [3.8, 4) is 5.75 Å². The smallest absolute Gasteiger partial charge is 0.243 e. The lowest BCUT2D eigenvalue weighted by molar-refractivity contribution is -0.127. The number of methoxy groups -OCH3 is 1. The second kappa shape index (κ2) is 9.86. The zero-order valence-corrected chi connectivity index (χ0v) is 15.9. The van der Waals surface area contributed by atoms with Gasteiger partial charge >= 0.3 is 0 Å². The van der Waals surface area contributed by atoms with Gasteiger partial charge in [0.05, 0.1) is 13.2 Å². The third kappa shape index (κ3) is 6.99. The van der Waals surface area contributed by atoms with Crippen molar-refractivity contribution in [3.05, 3.63) is 29.6 Å². The number of guanidine groups is 1. The largest absolute Gasteiger partial charge is 0.494 e. The molecule has 0 bridgehead atoms. The molecule has 0 aliphatic heterocycles. The maximum Gasteiger partial charge on any atom is 0.243 e. The summed E-state index contributed by atoms with van der Waals surface area (Å²) in [6, 6.07) is 4.64. The van der Waals surface area contributed by atoms with E-state index < -0.39 is 5.82 Å². The van der Waals surface area contributed by atoms with Gasteiger partial charge in [-0.1, -0.05) is 19.9 Å². The fourth-order valence-electron chi connectivity index (χ4n) is 1.98. The van der Waals surface area contributed by atoms with Gasteiger partial charge in [-0.3, -0.25) is 4.79 Å². The molecule has 1 unspecified atom stereocenters. The number of hydrogen-bond donors (Lipinski definition) is 2. The average Bonchev–Trinajstić information content (AvgIpc) is 2.56. The summed E-state index contributed by atoms with van der Waals surface area (Å²) in [5, 5.41) is 6.41. The summed E-state index contributed by atoms with van der Waals surface area (Å²) in [6.45, 7) is 6.83. The predicted molar refractivity (Wildman–Crippen MR) is 98.3 cm³/mol. The molecule has 2 N–H and O–H groups in total. The first-order chi connectivity index (χ1) is 11.7. The van der Waals surface area contributed by atoms with Crippen LogP contribution in [0.15, 0.2) is 23.2 Å². The average molecular weight is 352 g/mol. The molecule has 0 aliphatic rings. The van der Waals surface area contributed by atoms with E-state index in [4.69, 9.17) is 4.74 Å². The predicted octanol–water partition coefficient (Wildman–Crippen LogP) is 2.17. The van der Waals surface area contributed by atoms with Gasteiger partial charge < -0.3 is 20.3 Å². The quantitative estimate of drug-likeness (QED) is 0.583. The highest BCUT2D eigenvalue weighted by molar-refractivity contribution is 5.85. The Kier molecular flexibility index (Phi) is 8.18. The van der Waals surface area contributed by atoms with Crippen molar-refractivity contribution in [2.45, 2.75) is 26.8 Å². The Labute approximate surface area is 149 Å². The van der Waals surface area contributed by atoms with Crippen molar-refractivity contribution >= 4 is 11.9 Å². The van der Waals surface area contributed by atoms with E-state index in [0.29, 0.717) is 18.4 Å². The van der Waals surface area contributed by atoms with E-state index in [2.05, 4.69) is 29.5 Å². The summed E-state index contributed by atoms with van der Waals surface area (Å²) >= 11 is 0. The number of likely N-dealkylation sites (N-methyl/N-ethyl adjacent to an activating group) is 1. The van der Waals surface area contributed by atoms with Gasteiger partial charge in [0.1, 0.15) is 6.54 Å². The summed E-state index contributed by atoms with van der Waals surface area (Å²) in [4.78, 5) is 17.6. The third-order valence-corrected chi connectivity index (χ3v) is 3.58. The maximum atomic E-state index is 13.9. The van der Waals surface area contributed by atoms with Gasteiger partial charge in [0.2, 0.25) is 5.91 Å². The number of hydrogen-bond acceptors (Lipinski definition) is 3. The van der Waals surface area contributed by atoms with Crippen molar-refractivity contribution in [1.29, 1.82) is 0 Å². The number of nitrogens with one attached hydrogen (secondary N) is 2. The number of ether oxygens (including phenoxy) is 1. The fraction of sp³-hybridized carbons (Fsp3) is 0.556. The van der Waals surface area contributed by atoms with E-state index in [-0.39, 0.29) is 24.2 Å². The Balaban J connectivity index is 2.85. The van der Waals surface area contributed by atoms with Crippen LogP contribution >= 0.6 is 0 Å². The Morgan fingerprint density at radius 1 is 1.32 bits per heavy atom. The molecule has 0 radical (unpaired) electrons. The first-order valence-corrected chi connectivity index (χ1v) is 8.33. The van der Waals surface area contributed by atoms with Crippen molar-refractivity contribution < 1.29 is 13.9 Å². The van der Waals surface area contributed by atoms with E-state index in [9.17, 15) is 9.18 Å². The molecular formula is C18H29FN4O2. The zero-order valence-electron chi connectivity index (χ0n) is 15.9. The number of aliphatic imine (C=N–C) groups is 1. The molecule has 1 atom stereocenters. The van der Waals surface area contributed by atoms with E-state index in [1.807, 2.05) is 6.92 Å². The van der Waals surface area contributed by atoms with Gasteiger partial charge in [0, 0.05) is 20.6 Å². The molecular weight excluding hydrogens is 323 g/mol. The number of halogens is 1. The molecule has 1 aromatic carbocycles. The van der Waals surface area contributed by atoms with Crippen LogP contribution in [0.1, 0.15) is 32.4 Å². The highest BCUT2D eigenvalue weighted by Crippen LogP contribution is 2.21. The van der Waals surface area contributed by atoms with Crippen LogP contribution in [0.3, 0.4) is 0 Å². The molecule has 0 spiro atoms. The van der Waals surface area contributed by atoms with E-state index in [1.54, 1.807) is 26.2 Å². The van der Waals surface area contributed by atoms with Crippen LogP contribution in [0.4, 0.5) is 4.39 Å². The Morgan fingerprint density at radius 2 is 2.00 bits per heavy atom. The van der Waals surface area contributed by atoms with Gasteiger partial charge in [-0.05, 0) is 30.5 Å². The van der Waals surface area contributed by atoms with Gasteiger partial charge in [0.25, 0.3) is 0 Å². The van der Waals surface area contributed by atoms with Crippen LogP contribution in [0.25, 0.3) is 0 Å². The van der Waals surface area contributed by atoms with Crippen LogP contribution in [-0.4, -0.2) is 51.1 Å². The zero-order chi connectivity index (χ0) is 19.0. The van der Waals surface area contributed by atoms with Gasteiger partial charge in [-0.15, -0.1) is 0 Å². The standard InChI is InChI=1S/C18H29FN4O2/c1-12(2)10-20-18(21-11-17(24)23(4)5)22-13(3)14-7-8-16(25-6)15(19)9-14/h7-9,12-13H,10-11H2,1-6H3,(H2,20,21,22). The minimum Gasteiger partial charge on any atom is -0.494 e. The number of nitrogens with zero attached hydrogens (tertiary/aromatic N) is 2. The first-order valence-electron chi connectivity index (χ1n) is 8.33. The molecule has 0 aromatic heterocycles. The molecule has 0 saturated heterocycles. The van der Waals surface area contributed by atoms with E-state index in [1.165, 1.54) is 18.1 Å². The van der Waals surface area contributed by atoms with E-state index >= 15 is 0 Å². The molecule has 6 nitrogen and oxygen atoms in total. The molecule has 7 heteroatoms. The second-order valence-corrected chi connectivity index (χ2v) is 6.49. The number of carbonyl (C=O) groups is 1. The maximum absolute atomic E-state index is 13.9. The summed E-state index contributed by atoms with van der Waals surface area (Å²) in [7, 11) is 4.81. The Bertz CT molecular complexity index is 603. The summed E-state index contributed by atoms with van der Waals surface area (Å²) in [5.74, 6) is 0.649. The fourth-order valence-corrected chi connectivity index (χ4v) is 1.98. The first kappa shape index (κ1) is 20.7. The molecule has 0 aliphatic carbocycles. The van der Waals surface area contributed by atoms with Crippen LogP contribution in [0.2, 0.25) is 0 Å². The number of rotatable bonds is 7. The lowest BCUT2D eigenvalue weighted by atomic mass is 10.1. The van der Waals surface area contributed by atoms with Crippen molar-refractivity contribution in [1.82, 2.24) is 15.5 Å². The summed E-state index contributed by atoms with van der Waals surface area (Å²) in [5.41, 5.74) is 0.760.